The smallest absolute Gasteiger partial charge is 0.193 e. The minimum Gasteiger partial charge on any atom is -0.370 e. The van der Waals surface area contributed by atoms with Crippen LogP contribution in [0.2, 0.25) is 0 Å². The van der Waals surface area contributed by atoms with Crippen molar-refractivity contribution >= 4 is 35.6 Å². The Hall–Kier alpha value is -1.57. The van der Waals surface area contributed by atoms with Crippen LogP contribution >= 0.6 is 24.0 Å². The molecule has 1 aromatic carbocycles. The molecule has 0 aliphatic carbocycles. The number of nitrogens with two attached hydrogens (primary N) is 1. The van der Waals surface area contributed by atoms with E-state index in [0.717, 1.165) is 17.8 Å². The minimum atomic E-state index is 0. The lowest BCUT2D eigenvalue weighted by molar-refractivity contribution is 0.730. The summed E-state index contributed by atoms with van der Waals surface area (Å²) in [7, 11) is 1.96. The number of guanidine groups is 1. The fourth-order valence-electron chi connectivity index (χ4n) is 2.47. The van der Waals surface area contributed by atoms with Crippen LogP contribution in [0.5, 0.6) is 0 Å². The Morgan fingerprint density at radius 3 is 2.48 bits per heavy atom. The van der Waals surface area contributed by atoms with Crippen LogP contribution in [0.3, 0.4) is 0 Å². The van der Waals surface area contributed by atoms with Crippen LogP contribution in [0, 0.1) is 27.7 Å². The lowest BCUT2D eigenvalue weighted by Crippen LogP contribution is -2.23. The third-order valence-corrected chi connectivity index (χ3v) is 4.08. The molecule has 0 aliphatic rings. The summed E-state index contributed by atoms with van der Waals surface area (Å²) in [6.07, 6.45) is 0.848. The summed E-state index contributed by atoms with van der Waals surface area (Å²) in [5.74, 6) is 0.447. The van der Waals surface area contributed by atoms with E-state index in [-0.39, 0.29) is 24.0 Å². The van der Waals surface area contributed by atoms with Gasteiger partial charge < -0.3 is 11.1 Å². The van der Waals surface area contributed by atoms with Gasteiger partial charge in [0, 0.05) is 25.0 Å². The third-order valence-electron chi connectivity index (χ3n) is 4.08. The molecule has 0 radical (unpaired) electrons. The van der Waals surface area contributed by atoms with E-state index in [2.05, 4.69) is 48.3 Å². The van der Waals surface area contributed by atoms with E-state index in [1.165, 1.54) is 22.4 Å². The number of aryl methyl sites for hydroxylation is 4. The molecule has 1 aromatic heterocycles. The van der Waals surface area contributed by atoms with Crippen molar-refractivity contribution in [2.24, 2.45) is 17.8 Å². The van der Waals surface area contributed by atoms with E-state index in [4.69, 9.17) is 5.73 Å². The third kappa shape index (κ3) is 4.95. The molecule has 0 atom stereocenters. The number of aliphatic imine (C=N–C) groups is 1. The molecule has 0 bridgehead atoms. The zero-order valence-electron chi connectivity index (χ0n) is 14.5. The maximum atomic E-state index is 5.96. The molecule has 0 unspecified atom stereocenters. The molecule has 2 aromatic rings. The number of hydrogen-bond acceptors (Lipinski definition) is 2. The van der Waals surface area contributed by atoms with Crippen LogP contribution < -0.4 is 11.1 Å². The minimum absolute atomic E-state index is 0. The maximum Gasteiger partial charge on any atom is 0.193 e. The van der Waals surface area contributed by atoms with E-state index in [1.54, 1.807) is 0 Å². The van der Waals surface area contributed by atoms with Gasteiger partial charge >= 0.3 is 0 Å². The normalized spacial score (nSPS) is 11.3. The van der Waals surface area contributed by atoms with Crippen molar-refractivity contribution in [2.45, 2.75) is 34.1 Å². The van der Waals surface area contributed by atoms with Crippen LogP contribution in [0.25, 0.3) is 0 Å². The van der Waals surface area contributed by atoms with E-state index < -0.39 is 0 Å². The van der Waals surface area contributed by atoms with Crippen LogP contribution in [0.1, 0.15) is 28.1 Å². The quantitative estimate of drug-likeness (QED) is 0.447. The molecule has 6 heteroatoms. The highest BCUT2D eigenvalue weighted by Gasteiger charge is 2.08. The van der Waals surface area contributed by atoms with Crippen LogP contribution in [-0.2, 0) is 13.5 Å². The van der Waals surface area contributed by atoms with Gasteiger partial charge in [0.1, 0.15) is 0 Å². The Labute approximate surface area is 155 Å². The van der Waals surface area contributed by atoms with Crippen molar-refractivity contribution in [2.75, 3.05) is 11.9 Å². The van der Waals surface area contributed by atoms with Crippen LogP contribution in [-0.4, -0.2) is 22.3 Å². The molecule has 3 N–H and O–H groups in total. The van der Waals surface area contributed by atoms with Gasteiger partial charge in [-0.25, -0.2) is 0 Å². The summed E-state index contributed by atoms with van der Waals surface area (Å²) in [4.78, 5) is 4.40. The second-order valence-electron chi connectivity index (χ2n) is 5.71. The van der Waals surface area contributed by atoms with Gasteiger partial charge in [0.2, 0.25) is 0 Å². The summed E-state index contributed by atoms with van der Waals surface area (Å²) >= 11 is 0. The molecule has 126 valence electrons. The molecule has 0 saturated heterocycles. The largest absolute Gasteiger partial charge is 0.370 e. The molecule has 0 fully saturated rings. The Balaban J connectivity index is 0.00000264. The summed E-state index contributed by atoms with van der Waals surface area (Å²) in [6, 6.07) is 6.17. The molecule has 1 heterocycles. The second-order valence-corrected chi connectivity index (χ2v) is 5.71. The Morgan fingerprint density at radius 1 is 1.22 bits per heavy atom. The first-order valence-corrected chi connectivity index (χ1v) is 7.51. The first-order valence-electron chi connectivity index (χ1n) is 7.51. The van der Waals surface area contributed by atoms with E-state index in [1.807, 2.05) is 24.7 Å². The van der Waals surface area contributed by atoms with Crippen molar-refractivity contribution in [3.05, 3.63) is 46.3 Å². The molecule has 0 aliphatic heterocycles. The first-order chi connectivity index (χ1) is 10.4. The SMILES string of the molecule is Cc1ccc(NC(N)=NCCc2c(C)nn(C)c2C)cc1C.I. The Morgan fingerprint density at radius 2 is 1.91 bits per heavy atom. The van der Waals surface area contributed by atoms with Gasteiger partial charge in [-0.15, -0.1) is 24.0 Å². The monoisotopic (exact) mass is 427 g/mol. The molecule has 23 heavy (non-hydrogen) atoms. The summed E-state index contributed by atoms with van der Waals surface area (Å²) in [5, 5.41) is 7.55. The maximum absolute atomic E-state index is 5.96. The highest BCUT2D eigenvalue weighted by atomic mass is 127. The fraction of sp³-hybridized carbons (Fsp3) is 0.412. The number of benzene rings is 1. The van der Waals surface area contributed by atoms with Gasteiger partial charge in [-0.1, -0.05) is 6.07 Å². The lowest BCUT2D eigenvalue weighted by atomic mass is 10.1. The number of aromatic nitrogens is 2. The number of halogens is 1. The van der Waals surface area contributed by atoms with E-state index in [0.29, 0.717) is 12.5 Å². The second kappa shape index (κ2) is 8.33. The summed E-state index contributed by atoms with van der Waals surface area (Å²) < 4.78 is 1.91. The predicted molar refractivity (Wildman–Crippen MR) is 108 cm³/mol. The fourth-order valence-corrected chi connectivity index (χ4v) is 2.47. The first kappa shape index (κ1) is 19.5. The molecule has 0 amide bonds. The highest BCUT2D eigenvalue weighted by Crippen LogP contribution is 2.14. The van der Waals surface area contributed by atoms with Crippen LogP contribution in [0.4, 0.5) is 5.69 Å². The number of anilines is 1. The number of nitrogens with one attached hydrogen (secondary N) is 1. The highest BCUT2D eigenvalue weighted by molar-refractivity contribution is 14.0. The molecular weight excluding hydrogens is 401 g/mol. The number of hydrogen-bond donors (Lipinski definition) is 2. The zero-order valence-corrected chi connectivity index (χ0v) is 16.8. The summed E-state index contributed by atoms with van der Waals surface area (Å²) in [5.41, 5.74) is 12.9. The van der Waals surface area contributed by atoms with E-state index in [9.17, 15) is 0 Å². The predicted octanol–water partition coefficient (Wildman–Crippen LogP) is 3.24. The average Bonchev–Trinajstić information content (AvgIpc) is 2.69. The molecular formula is C17H26IN5. The van der Waals surface area contributed by atoms with Gasteiger partial charge in [0.15, 0.2) is 5.96 Å². The van der Waals surface area contributed by atoms with Crippen molar-refractivity contribution in [3.8, 4) is 0 Å². The van der Waals surface area contributed by atoms with Crippen molar-refractivity contribution in [3.63, 3.8) is 0 Å². The van der Waals surface area contributed by atoms with Gasteiger partial charge in [-0.3, -0.25) is 9.67 Å². The Kier molecular flexibility index (Phi) is 7.05. The van der Waals surface area contributed by atoms with Crippen molar-refractivity contribution in [1.29, 1.82) is 0 Å². The molecule has 0 spiro atoms. The van der Waals surface area contributed by atoms with Crippen molar-refractivity contribution in [1.82, 2.24) is 9.78 Å². The average molecular weight is 427 g/mol. The molecule has 2 rings (SSSR count). The van der Waals surface area contributed by atoms with Gasteiger partial charge in [0.05, 0.1) is 5.69 Å². The van der Waals surface area contributed by atoms with Gasteiger partial charge in [0.25, 0.3) is 0 Å². The Bertz CT molecular complexity index is 703. The van der Waals surface area contributed by atoms with Gasteiger partial charge in [-0.05, 0) is 62.9 Å². The van der Waals surface area contributed by atoms with Crippen molar-refractivity contribution < 1.29 is 0 Å². The standard InChI is InChI=1S/C17H25N5.HI/c1-11-6-7-15(10-12(11)2)20-17(18)19-9-8-16-13(3)21-22(5)14(16)4;/h6-7,10H,8-9H2,1-5H3,(H3,18,19,20);1H. The lowest BCUT2D eigenvalue weighted by Gasteiger charge is -2.08. The number of nitrogens with zero attached hydrogens (tertiary/aromatic N) is 3. The molecule has 5 nitrogen and oxygen atoms in total. The topological polar surface area (TPSA) is 68.2 Å². The van der Waals surface area contributed by atoms with Gasteiger partial charge in [-0.2, -0.15) is 5.10 Å². The van der Waals surface area contributed by atoms with Crippen LogP contribution in [0.15, 0.2) is 23.2 Å². The summed E-state index contributed by atoms with van der Waals surface area (Å²) in [6.45, 7) is 8.94. The zero-order chi connectivity index (χ0) is 16.3. The molecule has 0 saturated carbocycles. The van der Waals surface area contributed by atoms with E-state index >= 15 is 0 Å². The number of rotatable bonds is 4.